The number of rotatable bonds is 4. The van der Waals surface area contributed by atoms with E-state index in [4.69, 9.17) is 10.5 Å². The molecule has 2 N–H and O–H groups in total. The van der Waals surface area contributed by atoms with Crippen molar-refractivity contribution in [3.05, 3.63) is 0 Å². The molecule has 2 aliphatic rings. The van der Waals surface area contributed by atoms with E-state index < -0.39 is 0 Å². The molecular formula is C14H26N2O2. The summed E-state index contributed by atoms with van der Waals surface area (Å²) in [5, 5.41) is 0. The largest absolute Gasteiger partial charge is 0.373 e. The number of hydrogen-bond acceptors (Lipinski definition) is 3. The third-order valence-corrected chi connectivity index (χ3v) is 4.27. The fourth-order valence-electron chi connectivity index (χ4n) is 3.00. The van der Waals surface area contributed by atoms with Crippen LogP contribution in [0.3, 0.4) is 0 Å². The topological polar surface area (TPSA) is 55.6 Å². The van der Waals surface area contributed by atoms with Gasteiger partial charge in [0.05, 0.1) is 12.7 Å². The van der Waals surface area contributed by atoms with Crippen molar-refractivity contribution in [1.82, 2.24) is 4.90 Å². The number of ether oxygens (including phenoxy) is 1. The van der Waals surface area contributed by atoms with E-state index >= 15 is 0 Å². The zero-order chi connectivity index (χ0) is 13.0. The molecule has 1 aliphatic carbocycles. The minimum absolute atomic E-state index is 0.00423. The van der Waals surface area contributed by atoms with E-state index in [-0.39, 0.29) is 18.1 Å². The van der Waals surface area contributed by atoms with Gasteiger partial charge in [0.2, 0.25) is 5.91 Å². The van der Waals surface area contributed by atoms with Crippen molar-refractivity contribution < 1.29 is 9.53 Å². The second-order valence-corrected chi connectivity index (χ2v) is 5.80. The highest BCUT2D eigenvalue weighted by molar-refractivity contribution is 5.76. The molecule has 0 spiro atoms. The van der Waals surface area contributed by atoms with E-state index in [2.05, 4.69) is 0 Å². The van der Waals surface area contributed by atoms with Gasteiger partial charge in [-0.25, -0.2) is 0 Å². The first kappa shape index (κ1) is 13.8. The van der Waals surface area contributed by atoms with Crippen molar-refractivity contribution in [2.45, 2.75) is 57.6 Å². The average Bonchev–Trinajstić information content (AvgIpc) is 2.89. The molecule has 1 saturated heterocycles. The second-order valence-electron chi connectivity index (χ2n) is 5.80. The molecule has 0 radical (unpaired) electrons. The highest BCUT2D eigenvalue weighted by Gasteiger charge is 2.27. The Hall–Kier alpha value is -0.610. The Bertz CT molecular complexity index is 275. The van der Waals surface area contributed by atoms with E-state index in [1.54, 1.807) is 0 Å². The number of hydrogen-bond donors (Lipinski definition) is 1. The number of carbonyl (C=O) groups excluding carboxylic acids is 1. The molecule has 1 saturated carbocycles. The fraction of sp³-hybridized carbons (Fsp3) is 0.929. The summed E-state index contributed by atoms with van der Waals surface area (Å²) in [7, 11) is 0. The van der Waals surface area contributed by atoms with E-state index in [9.17, 15) is 4.79 Å². The first-order valence-electron chi connectivity index (χ1n) is 7.32. The van der Waals surface area contributed by atoms with Crippen molar-refractivity contribution in [3.8, 4) is 0 Å². The first-order chi connectivity index (χ1) is 8.66. The summed E-state index contributed by atoms with van der Waals surface area (Å²) < 4.78 is 5.58. The third-order valence-electron chi connectivity index (χ3n) is 4.27. The van der Waals surface area contributed by atoms with Crippen LogP contribution in [0.15, 0.2) is 0 Å². The van der Waals surface area contributed by atoms with Crippen molar-refractivity contribution in [1.29, 1.82) is 0 Å². The Morgan fingerprint density at radius 3 is 2.83 bits per heavy atom. The lowest BCUT2D eigenvalue weighted by molar-refractivity contribution is -0.139. The Morgan fingerprint density at radius 2 is 2.17 bits per heavy atom. The molecule has 1 heterocycles. The lowest BCUT2D eigenvalue weighted by Crippen LogP contribution is -2.51. The third kappa shape index (κ3) is 3.69. The predicted molar refractivity (Wildman–Crippen MR) is 71.2 cm³/mol. The first-order valence-corrected chi connectivity index (χ1v) is 7.32. The number of amides is 1. The van der Waals surface area contributed by atoms with Crippen LogP contribution >= 0.6 is 0 Å². The van der Waals surface area contributed by atoms with Crippen molar-refractivity contribution >= 4 is 5.91 Å². The molecule has 1 amide bonds. The Morgan fingerprint density at radius 1 is 1.44 bits per heavy atom. The van der Waals surface area contributed by atoms with Crippen molar-refractivity contribution in [2.24, 2.45) is 11.7 Å². The maximum Gasteiger partial charge on any atom is 0.222 e. The van der Waals surface area contributed by atoms with E-state index in [1.807, 2.05) is 11.8 Å². The summed E-state index contributed by atoms with van der Waals surface area (Å²) >= 11 is 0. The SMILES string of the molecule is CC(N)C1CN(C(=O)CCC2CCCC2)CCO1. The highest BCUT2D eigenvalue weighted by atomic mass is 16.5. The lowest BCUT2D eigenvalue weighted by Gasteiger charge is -2.35. The summed E-state index contributed by atoms with van der Waals surface area (Å²) in [6.45, 7) is 3.96. The quantitative estimate of drug-likeness (QED) is 0.828. The molecular weight excluding hydrogens is 228 g/mol. The maximum absolute atomic E-state index is 12.2. The Labute approximate surface area is 110 Å². The molecule has 104 valence electrons. The van der Waals surface area contributed by atoms with Gasteiger partial charge < -0.3 is 15.4 Å². The Balaban J connectivity index is 1.73. The standard InChI is InChI=1S/C14H26N2O2/c1-11(15)13-10-16(8-9-18-13)14(17)7-6-12-4-2-3-5-12/h11-13H,2-10,15H2,1H3. The smallest absolute Gasteiger partial charge is 0.222 e. The van der Waals surface area contributed by atoms with E-state index in [0.29, 0.717) is 19.6 Å². The monoisotopic (exact) mass is 254 g/mol. The van der Waals surface area contributed by atoms with Gasteiger partial charge in [-0.3, -0.25) is 4.79 Å². The van der Waals surface area contributed by atoms with Gasteiger partial charge >= 0.3 is 0 Å². The summed E-state index contributed by atoms with van der Waals surface area (Å²) in [6, 6.07) is -0.00423. The van der Waals surface area contributed by atoms with Crippen LogP contribution in [0.5, 0.6) is 0 Å². The van der Waals surface area contributed by atoms with Crippen LogP contribution in [-0.2, 0) is 9.53 Å². The van der Waals surface area contributed by atoms with Crippen molar-refractivity contribution in [3.63, 3.8) is 0 Å². The maximum atomic E-state index is 12.2. The van der Waals surface area contributed by atoms with E-state index in [0.717, 1.165) is 18.9 Å². The summed E-state index contributed by atoms with van der Waals surface area (Å²) in [5.74, 6) is 1.08. The minimum atomic E-state index is -0.00423. The van der Waals surface area contributed by atoms with Crippen LogP contribution < -0.4 is 5.73 Å². The molecule has 2 unspecified atom stereocenters. The van der Waals surface area contributed by atoms with Gasteiger partial charge in [-0.15, -0.1) is 0 Å². The van der Waals surface area contributed by atoms with Crippen LogP contribution in [0.4, 0.5) is 0 Å². The molecule has 0 aromatic rings. The van der Waals surface area contributed by atoms with Crippen LogP contribution in [0, 0.1) is 5.92 Å². The molecule has 0 aromatic carbocycles. The molecule has 0 bridgehead atoms. The zero-order valence-electron chi connectivity index (χ0n) is 11.4. The molecule has 2 fully saturated rings. The second kappa shape index (κ2) is 6.53. The number of carbonyl (C=O) groups is 1. The summed E-state index contributed by atoms with van der Waals surface area (Å²) in [4.78, 5) is 14.1. The average molecular weight is 254 g/mol. The van der Waals surface area contributed by atoms with Gasteiger partial charge in [0, 0.05) is 25.6 Å². The molecule has 4 nitrogen and oxygen atoms in total. The molecule has 4 heteroatoms. The van der Waals surface area contributed by atoms with Crippen LogP contribution in [0.1, 0.15) is 45.4 Å². The van der Waals surface area contributed by atoms with Gasteiger partial charge in [-0.05, 0) is 19.3 Å². The molecule has 0 aromatic heterocycles. The molecule has 1 aliphatic heterocycles. The Kier molecular flexibility index (Phi) is 5.01. The molecule has 18 heavy (non-hydrogen) atoms. The summed E-state index contributed by atoms with van der Waals surface area (Å²) in [5.41, 5.74) is 5.84. The molecule has 2 atom stereocenters. The molecule has 2 rings (SSSR count). The number of nitrogens with zero attached hydrogens (tertiary/aromatic N) is 1. The minimum Gasteiger partial charge on any atom is -0.373 e. The lowest BCUT2D eigenvalue weighted by atomic mass is 10.0. The summed E-state index contributed by atoms with van der Waals surface area (Å²) in [6.07, 6.45) is 7.12. The van der Waals surface area contributed by atoms with Crippen LogP contribution in [0.25, 0.3) is 0 Å². The van der Waals surface area contributed by atoms with Gasteiger partial charge in [-0.1, -0.05) is 25.7 Å². The zero-order valence-corrected chi connectivity index (χ0v) is 11.4. The van der Waals surface area contributed by atoms with Gasteiger partial charge in [0.25, 0.3) is 0 Å². The highest BCUT2D eigenvalue weighted by Crippen LogP contribution is 2.28. The van der Waals surface area contributed by atoms with Gasteiger partial charge in [0.1, 0.15) is 0 Å². The number of morpholine rings is 1. The van der Waals surface area contributed by atoms with E-state index in [1.165, 1.54) is 25.7 Å². The van der Waals surface area contributed by atoms with Gasteiger partial charge in [-0.2, -0.15) is 0 Å². The predicted octanol–water partition coefficient (Wildman–Crippen LogP) is 1.53. The van der Waals surface area contributed by atoms with Crippen LogP contribution in [0.2, 0.25) is 0 Å². The fourth-order valence-corrected chi connectivity index (χ4v) is 3.00. The van der Waals surface area contributed by atoms with Gasteiger partial charge in [0.15, 0.2) is 0 Å². The van der Waals surface area contributed by atoms with Crippen molar-refractivity contribution in [2.75, 3.05) is 19.7 Å². The number of nitrogens with two attached hydrogens (primary N) is 1. The normalized spacial score (nSPS) is 27.4. The van der Waals surface area contributed by atoms with Crippen LogP contribution in [-0.4, -0.2) is 42.6 Å².